The third-order valence-corrected chi connectivity index (χ3v) is 16.0. The molecule has 12 rings (SSSR count). The van der Waals surface area contributed by atoms with Crippen molar-refractivity contribution in [2.75, 3.05) is 0 Å². The van der Waals surface area contributed by atoms with Crippen LogP contribution in [0.4, 0.5) is 0 Å². The van der Waals surface area contributed by atoms with Gasteiger partial charge in [0.1, 0.15) is 5.82 Å². The summed E-state index contributed by atoms with van der Waals surface area (Å²) in [5.41, 5.74) is -1.30. The molecule has 0 N–H and O–H groups in total. The molecule has 0 atom stereocenters. The van der Waals surface area contributed by atoms with Crippen molar-refractivity contribution in [2.45, 2.75) is 0 Å². The van der Waals surface area contributed by atoms with Gasteiger partial charge in [-0.05, 0) is 74.2 Å². The number of fused-ring (bicyclic) bond motifs is 6. The van der Waals surface area contributed by atoms with Gasteiger partial charge in [0, 0.05) is 27.1 Å². The van der Waals surface area contributed by atoms with Crippen molar-refractivity contribution in [3.8, 4) is 33.9 Å². The molecule has 12 aromatic rings. The molecule has 3 nitrogen and oxygen atoms in total. The van der Waals surface area contributed by atoms with E-state index >= 15 is 0 Å². The minimum absolute atomic E-state index is 0.0356. The fourth-order valence-electron chi connectivity index (χ4n) is 8.78. The molecule has 0 saturated carbocycles. The van der Waals surface area contributed by atoms with Crippen LogP contribution in [0.15, 0.2) is 248 Å². The fourth-order valence-corrected chi connectivity index (χ4v) is 13.3. The summed E-state index contributed by atoms with van der Waals surface area (Å²) in [6.07, 6.45) is 0. The first kappa shape index (κ1) is 21.6. The first-order valence-electron chi connectivity index (χ1n) is 30.0. The van der Waals surface area contributed by atoms with Crippen LogP contribution in [0.3, 0.4) is 0 Å². The molecule has 0 unspecified atom stereocenters. The minimum Gasteiger partial charge on any atom is -0.309 e. The van der Waals surface area contributed by atoms with Gasteiger partial charge in [-0.2, -0.15) is 0 Å². The molecule has 0 aliphatic carbocycles. The van der Waals surface area contributed by atoms with Gasteiger partial charge in [-0.1, -0.05) is 206 Å². The summed E-state index contributed by atoms with van der Waals surface area (Å²) in [5, 5.41) is 1.37. The monoisotopic (exact) mass is 839 g/mol. The first-order valence-corrected chi connectivity index (χ1v) is 22.0. The second-order valence-corrected chi connectivity index (χ2v) is 18.5. The Balaban J connectivity index is 1.30. The summed E-state index contributed by atoms with van der Waals surface area (Å²) < 4.78 is 187. The van der Waals surface area contributed by atoms with E-state index in [9.17, 15) is 13.7 Å². The molecule has 0 aliphatic heterocycles. The zero-order valence-electron chi connectivity index (χ0n) is 53.0. The van der Waals surface area contributed by atoms with Crippen molar-refractivity contribution in [3.63, 3.8) is 0 Å². The average Bonchev–Trinajstić information content (AvgIpc) is 2.28. The van der Waals surface area contributed by atoms with Crippen LogP contribution in [0.25, 0.3) is 77.5 Å². The standard InChI is InChI=1S/C59H41N3Si/c1-4-22-44(23-5-1)63(45-24-6-2-7-25-45,46-26-8-3-9-27-46)47-28-20-21-42(39-47)43-40-53(60-59(41-43)62-56-36-17-12-31-50(56)51-32-13-18-37-57(51)62)52-33-14-19-38-58(52)61-54-34-15-10-29-48(54)49-30-11-16-35-55(49)61/h1-41H/i10D,11D,12D,13D,15D,16D,17D,18D,20D,21D,28D,29D,30D,31D,32D,34D,35D,36D,37D,39D. The van der Waals surface area contributed by atoms with Gasteiger partial charge in [0.2, 0.25) is 0 Å². The number of para-hydroxylation sites is 5. The van der Waals surface area contributed by atoms with Crippen LogP contribution >= 0.6 is 0 Å². The molecule has 296 valence electrons. The van der Waals surface area contributed by atoms with Crippen molar-refractivity contribution >= 4 is 72.4 Å². The zero-order chi connectivity index (χ0) is 59.2. The van der Waals surface area contributed by atoms with E-state index in [0.717, 1.165) is 20.1 Å². The van der Waals surface area contributed by atoms with E-state index in [1.165, 1.54) is 22.8 Å². The zero-order valence-corrected chi connectivity index (χ0v) is 34.0. The lowest BCUT2D eigenvalue weighted by Crippen LogP contribution is -2.74. The van der Waals surface area contributed by atoms with Crippen LogP contribution in [0.2, 0.25) is 0 Å². The van der Waals surface area contributed by atoms with Crippen molar-refractivity contribution in [1.82, 2.24) is 14.1 Å². The van der Waals surface area contributed by atoms with Crippen molar-refractivity contribution in [1.29, 1.82) is 0 Å². The molecular formula is C59H41N3Si. The highest BCUT2D eigenvalue weighted by Crippen LogP contribution is 2.38. The number of nitrogens with zero attached hydrogens (tertiary/aromatic N) is 3. The number of pyridine rings is 1. The highest BCUT2D eigenvalue weighted by molar-refractivity contribution is 7.19. The Morgan fingerprint density at radius 3 is 1.33 bits per heavy atom. The quantitative estimate of drug-likeness (QED) is 0.110. The molecule has 0 saturated heterocycles. The van der Waals surface area contributed by atoms with Gasteiger partial charge in [-0.3, -0.25) is 4.57 Å². The van der Waals surface area contributed by atoms with Crippen molar-refractivity contribution in [3.05, 3.63) is 248 Å². The normalized spacial score (nSPS) is 16.3. The van der Waals surface area contributed by atoms with E-state index in [4.69, 9.17) is 18.7 Å². The maximum Gasteiger partial charge on any atom is 0.179 e. The maximum absolute atomic E-state index is 10.6. The lowest BCUT2D eigenvalue weighted by molar-refractivity contribution is 1.08. The Morgan fingerprint density at radius 1 is 0.381 bits per heavy atom. The molecule has 4 heteroatoms. The lowest BCUT2D eigenvalue weighted by Gasteiger charge is -2.34. The lowest BCUT2D eigenvalue weighted by atomic mass is 10.0. The van der Waals surface area contributed by atoms with Gasteiger partial charge >= 0.3 is 0 Å². The van der Waals surface area contributed by atoms with Gasteiger partial charge in [-0.25, -0.2) is 4.98 Å². The van der Waals surface area contributed by atoms with Crippen LogP contribution in [-0.2, 0) is 0 Å². The molecule has 63 heavy (non-hydrogen) atoms. The smallest absolute Gasteiger partial charge is 0.179 e. The predicted octanol–water partition coefficient (Wildman–Crippen LogP) is 12.0. The average molecular weight is 840 g/mol. The summed E-state index contributed by atoms with van der Waals surface area (Å²) in [7, 11) is -3.91. The van der Waals surface area contributed by atoms with Crippen molar-refractivity contribution in [2.24, 2.45) is 0 Å². The van der Waals surface area contributed by atoms with Gasteiger partial charge in [0.25, 0.3) is 0 Å². The van der Waals surface area contributed by atoms with Gasteiger partial charge < -0.3 is 4.57 Å². The molecular weight excluding hydrogens is 779 g/mol. The minimum atomic E-state index is -3.91. The SMILES string of the molecule is [2H]c1c([2H])c(-c2cc(-c3ccccc3-n3c4c([2H])c([2H])c([2H])c([2H])c4c4c([2H])c([2H])c([2H])c([2H])c43)nc(-n3c4c([2H])c([2H])c([2H])c([2H])c4c4c([2H])c([2H])c([2H])c([2H])c43)c2)c([2H])c([Si](c2ccccc2)(c2ccccc2)c2ccccc2)c1[2H]. The Kier molecular flexibility index (Phi) is 5.20. The van der Waals surface area contributed by atoms with E-state index in [1.807, 2.05) is 91.0 Å². The number of benzene rings is 9. The van der Waals surface area contributed by atoms with Crippen LogP contribution in [0.5, 0.6) is 0 Å². The van der Waals surface area contributed by atoms with Crippen molar-refractivity contribution < 1.29 is 27.4 Å². The molecule has 3 aromatic heterocycles. The number of hydrogen-bond donors (Lipinski definition) is 0. The van der Waals surface area contributed by atoms with E-state index in [1.54, 1.807) is 18.2 Å². The van der Waals surface area contributed by atoms with Crippen LogP contribution < -0.4 is 20.7 Å². The molecule has 0 spiro atoms. The molecule has 0 bridgehead atoms. The number of aromatic nitrogens is 3. The summed E-state index contributed by atoms with van der Waals surface area (Å²) in [4.78, 5) is 5.15. The van der Waals surface area contributed by atoms with Gasteiger partial charge in [-0.15, -0.1) is 0 Å². The highest BCUT2D eigenvalue weighted by atomic mass is 28.3. The van der Waals surface area contributed by atoms with E-state index in [-0.39, 0.29) is 94.8 Å². The van der Waals surface area contributed by atoms with E-state index in [2.05, 4.69) is 0 Å². The maximum atomic E-state index is 10.6. The Morgan fingerprint density at radius 2 is 0.825 bits per heavy atom. The van der Waals surface area contributed by atoms with Crippen LogP contribution in [0, 0.1) is 0 Å². The molecule has 0 radical (unpaired) electrons. The Labute approximate surface area is 395 Å². The fraction of sp³-hybridized carbons (Fsp3) is 0. The second kappa shape index (κ2) is 15.1. The molecule has 0 aliphatic rings. The molecule has 0 fully saturated rings. The number of rotatable bonds is 8. The Hall–Kier alpha value is -8.05. The largest absolute Gasteiger partial charge is 0.309 e. The molecule has 0 amide bonds. The van der Waals surface area contributed by atoms with Gasteiger partial charge in [0.05, 0.1) is 60.9 Å². The second-order valence-electron chi connectivity index (χ2n) is 14.8. The van der Waals surface area contributed by atoms with Crippen LogP contribution in [0.1, 0.15) is 27.4 Å². The Bertz CT molecular complexity index is 4550. The summed E-state index contributed by atoms with van der Waals surface area (Å²) in [6, 6.07) is 24.9. The third kappa shape index (κ3) is 5.91. The summed E-state index contributed by atoms with van der Waals surface area (Å²) in [6.45, 7) is 0. The van der Waals surface area contributed by atoms with Gasteiger partial charge in [0.15, 0.2) is 8.07 Å². The molecule has 9 aromatic carbocycles. The predicted molar refractivity (Wildman–Crippen MR) is 267 cm³/mol. The van der Waals surface area contributed by atoms with E-state index < -0.39 is 117 Å². The topological polar surface area (TPSA) is 22.8 Å². The first-order chi connectivity index (χ1) is 39.6. The van der Waals surface area contributed by atoms with E-state index in [0.29, 0.717) is 0 Å². The summed E-state index contributed by atoms with van der Waals surface area (Å²) >= 11 is 0. The summed E-state index contributed by atoms with van der Waals surface area (Å²) in [5.74, 6) is -0.284. The third-order valence-electron chi connectivity index (χ3n) is 11.4. The molecule has 3 heterocycles. The van der Waals surface area contributed by atoms with Crippen LogP contribution in [-0.4, -0.2) is 22.2 Å². The highest BCUT2D eigenvalue weighted by Gasteiger charge is 2.41. The number of hydrogen-bond acceptors (Lipinski definition) is 1.